The van der Waals surface area contributed by atoms with Crippen molar-refractivity contribution in [2.24, 2.45) is 5.73 Å². The molecule has 2 atom stereocenters. The molecule has 3 heteroatoms. The minimum atomic E-state index is 0.0543. The monoisotopic (exact) mass is 269 g/mol. The van der Waals surface area contributed by atoms with Crippen molar-refractivity contribution < 1.29 is 4.74 Å². The Bertz CT molecular complexity index is 322. The Morgan fingerprint density at radius 1 is 1.22 bits per heavy atom. The minimum absolute atomic E-state index is 0.0543. The topological polar surface area (TPSA) is 35.2 Å². The van der Waals surface area contributed by atoms with Crippen LogP contribution in [0.25, 0.3) is 0 Å². The second kappa shape index (κ2) is 8.68. The van der Waals surface area contributed by atoms with Crippen LogP contribution < -0.4 is 5.73 Å². The van der Waals surface area contributed by atoms with Gasteiger partial charge in [-0.05, 0) is 32.4 Å². The van der Waals surface area contributed by atoms with Gasteiger partial charge < -0.3 is 10.5 Å². The molecule has 2 nitrogen and oxygen atoms in total. The summed E-state index contributed by atoms with van der Waals surface area (Å²) in [6.45, 7) is 7.21. The van der Waals surface area contributed by atoms with Crippen LogP contribution in [0.1, 0.15) is 61.8 Å². The largest absolute Gasteiger partial charge is 0.371 e. The first-order valence-electron chi connectivity index (χ1n) is 7.08. The Labute approximate surface area is 116 Å². The van der Waals surface area contributed by atoms with Gasteiger partial charge in [0.1, 0.15) is 6.10 Å². The molecule has 0 aliphatic heterocycles. The van der Waals surface area contributed by atoms with E-state index in [9.17, 15) is 0 Å². The van der Waals surface area contributed by atoms with Gasteiger partial charge in [0.25, 0.3) is 0 Å². The third-order valence-corrected chi connectivity index (χ3v) is 4.13. The van der Waals surface area contributed by atoms with E-state index in [2.05, 4.69) is 26.0 Å². The molecule has 0 spiro atoms. The Balaban J connectivity index is 2.31. The zero-order chi connectivity index (χ0) is 13.4. The third kappa shape index (κ3) is 5.51. The number of unbranched alkanes of at least 4 members (excludes halogenated alkanes) is 4. The Morgan fingerprint density at radius 2 is 1.94 bits per heavy atom. The smallest absolute Gasteiger partial charge is 0.106 e. The number of ether oxygens (including phenoxy) is 1. The maximum absolute atomic E-state index is 6.02. The molecular formula is C15H27NOS. The van der Waals surface area contributed by atoms with E-state index < -0.39 is 0 Å². The van der Waals surface area contributed by atoms with Gasteiger partial charge in [0.15, 0.2) is 0 Å². The molecule has 0 amide bonds. The first-order valence-corrected chi connectivity index (χ1v) is 7.90. The highest BCUT2D eigenvalue weighted by Crippen LogP contribution is 2.27. The van der Waals surface area contributed by atoms with E-state index in [0.29, 0.717) is 0 Å². The lowest BCUT2D eigenvalue weighted by Crippen LogP contribution is -2.26. The van der Waals surface area contributed by atoms with Crippen LogP contribution in [0.15, 0.2) is 12.1 Å². The SMILES string of the molecule is CCCCCCCOC(c1ccc(C)s1)C(C)N. The van der Waals surface area contributed by atoms with Gasteiger partial charge in [-0.1, -0.05) is 32.6 Å². The van der Waals surface area contributed by atoms with E-state index in [-0.39, 0.29) is 12.1 Å². The molecule has 2 unspecified atom stereocenters. The molecule has 1 aromatic rings. The summed E-state index contributed by atoms with van der Waals surface area (Å²) in [5, 5.41) is 0. The third-order valence-electron chi connectivity index (χ3n) is 3.06. The van der Waals surface area contributed by atoms with E-state index in [1.165, 1.54) is 35.4 Å². The highest BCUT2D eigenvalue weighted by molar-refractivity contribution is 7.12. The van der Waals surface area contributed by atoms with Crippen molar-refractivity contribution in [2.45, 2.75) is 65.0 Å². The van der Waals surface area contributed by atoms with Gasteiger partial charge in [-0.15, -0.1) is 11.3 Å². The molecule has 0 fully saturated rings. The molecule has 0 saturated heterocycles. The number of thiophene rings is 1. The van der Waals surface area contributed by atoms with E-state index in [1.54, 1.807) is 11.3 Å². The summed E-state index contributed by atoms with van der Waals surface area (Å²) in [5.74, 6) is 0. The lowest BCUT2D eigenvalue weighted by molar-refractivity contribution is 0.0382. The van der Waals surface area contributed by atoms with Crippen molar-refractivity contribution in [3.8, 4) is 0 Å². The zero-order valence-electron chi connectivity index (χ0n) is 11.9. The van der Waals surface area contributed by atoms with Crippen LogP contribution in [0.2, 0.25) is 0 Å². The Morgan fingerprint density at radius 3 is 2.50 bits per heavy atom. The van der Waals surface area contributed by atoms with Crippen molar-refractivity contribution in [1.29, 1.82) is 0 Å². The fraction of sp³-hybridized carbons (Fsp3) is 0.733. The summed E-state index contributed by atoms with van der Waals surface area (Å²) in [6, 6.07) is 4.34. The molecule has 1 heterocycles. The van der Waals surface area contributed by atoms with Gasteiger partial charge in [0, 0.05) is 22.4 Å². The molecule has 0 aliphatic carbocycles. The average molecular weight is 269 g/mol. The summed E-state index contributed by atoms with van der Waals surface area (Å²) in [5.41, 5.74) is 6.02. The van der Waals surface area contributed by atoms with Gasteiger partial charge in [-0.2, -0.15) is 0 Å². The van der Waals surface area contributed by atoms with Crippen LogP contribution in [-0.4, -0.2) is 12.6 Å². The number of nitrogens with two attached hydrogens (primary N) is 1. The first kappa shape index (κ1) is 15.7. The average Bonchev–Trinajstić information content (AvgIpc) is 2.74. The maximum atomic E-state index is 6.02. The van der Waals surface area contributed by atoms with E-state index in [1.807, 2.05) is 6.92 Å². The van der Waals surface area contributed by atoms with E-state index >= 15 is 0 Å². The molecule has 0 bridgehead atoms. The van der Waals surface area contributed by atoms with E-state index in [0.717, 1.165) is 13.0 Å². The molecule has 104 valence electrons. The van der Waals surface area contributed by atoms with E-state index in [4.69, 9.17) is 10.5 Å². The predicted octanol–water partition coefficient (Wildman–Crippen LogP) is 4.43. The second-order valence-electron chi connectivity index (χ2n) is 5.01. The first-order chi connectivity index (χ1) is 8.65. The summed E-state index contributed by atoms with van der Waals surface area (Å²) in [6.07, 6.45) is 6.42. The molecule has 2 N–H and O–H groups in total. The van der Waals surface area contributed by atoms with Crippen LogP contribution in [0.3, 0.4) is 0 Å². The quantitative estimate of drug-likeness (QED) is 0.673. The van der Waals surface area contributed by atoms with Gasteiger partial charge in [-0.25, -0.2) is 0 Å². The molecule has 0 aromatic carbocycles. The summed E-state index contributed by atoms with van der Waals surface area (Å²) >= 11 is 1.79. The molecule has 0 aliphatic rings. The fourth-order valence-corrected chi connectivity index (χ4v) is 3.06. The van der Waals surface area contributed by atoms with Crippen LogP contribution >= 0.6 is 11.3 Å². The summed E-state index contributed by atoms with van der Waals surface area (Å²) in [7, 11) is 0. The molecular weight excluding hydrogens is 242 g/mol. The standard InChI is InChI=1S/C15H27NOS/c1-4-5-6-7-8-11-17-15(13(3)16)14-10-9-12(2)18-14/h9-10,13,15H,4-8,11,16H2,1-3H3. The van der Waals surface area contributed by atoms with Crippen LogP contribution in [0.4, 0.5) is 0 Å². The lowest BCUT2D eigenvalue weighted by atomic mass is 10.1. The van der Waals surface area contributed by atoms with Gasteiger partial charge >= 0.3 is 0 Å². The second-order valence-corrected chi connectivity index (χ2v) is 6.33. The molecule has 18 heavy (non-hydrogen) atoms. The van der Waals surface area contributed by atoms with Gasteiger partial charge in [-0.3, -0.25) is 0 Å². The summed E-state index contributed by atoms with van der Waals surface area (Å²) < 4.78 is 5.97. The Kier molecular flexibility index (Phi) is 7.56. The number of rotatable bonds is 9. The molecule has 1 aromatic heterocycles. The van der Waals surface area contributed by atoms with Crippen molar-refractivity contribution in [1.82, 2.24) is 0 Å². The van der Waals surface area contributed by atoms with Crippen LogP contribution in [-0.2, 0) is 4.74 Å². The van der Waals surface area contributed by atoms with Crippen molar-refractivity contribution in [3.63, 3.8) is 0 Å². The highest BCUT2D eigenvalue weighted by atomic mass is 32.1. The fourth-order valence-electron chi connectivity index (χ4n) is 2.02. The summed E-state index contributed by atoms with van der Waals surface area (Å²) in [4.78, 5) is 2.58. The van der Waals surface area contributed by atoms with Crippen molar-refractivity contribution >= 4 is 11.3 Å². The lowest BCUT2D eigenvalue weighted by Gasteiger charge is -2.20. The number of hydrogen-bond acceptors (Lipinski definition) is 3. The normalized spacial score (nSPS) is 14.7. The zero-order valence-corrected chi connectivity index (χ0v) is 12.8. The molecule has 0 radical (unpaired) electrons. The number of hydrogen-bond donors (Lipinski definition) is 1. The predicted molar refractivity (Wildman–Crippen MR) is 80.2 cm³/mol. The highest BCUT2D eigenvalue weighted by Gasteiger charge is 2.18. The van der Waals surface area contributed by atoms with Crippen molar-refractivity contribution in [3.05, 3.63) is 21.9 Å². The van der Waals surface area contributed by atoms with Gasteiger partial charge in [0.2, 0.25) is 0 Å². The molecule has 0 saturated carbocycles. The number of aryl methyl sites for hydroxylation is 1. The molecule has 1 rings (SSSR count). The Hall–Kier alpha value is -0.380. The van der Waals surface area contributed by atoms with Crippen LogP contribution in [0, 0.1) is 6.92 Å². The maximum Gasteiger partial charge on any atom is 0.106 e. The van der Waals surface area contributed by atoms with Gasteiger partial charge in [0.05, 0.1) is 0 Å². The minimum Gasteiger partial charge on any atom is -0.371 e. The van der Waals surface area contributed by atoms with Crippen LogP contribution in [0.5, 0.6) is 0 Å². The van der Waals surface area contributed by atoms with Crippen molar-refractivity contribution in [2.75, 3.05) is 6.61 Å².